The molecule has 0 bridgehead atoms. The lowest BCUT2D eigenvalue weighted by Gasteiger charge is -2.24. The van der Waals surface area contributed by atoms with Gasteiger partial charge < -0.3 is 4.90 Å². The van der Waals surface area contributed by atoms with Crippen LogP contribution in [-0.4, -0.2) is 39.3 Å². The van der Waals surface area contributed by atoms with Gasteiger partial charge in [0.15, 0.2) is 0 Å². The monoisotopic (exact) mass is 250 g/mol. The molecule has 0 unspecified atom stereocenters. The van der Waals surface area contributed by atoms with Crippen LogP contribution in [0.25, 0.3) is 0 Å². The molecule has 2 heterocycles. The Hall–Kier alpha value is -1.20. The minimum atomic E-state index is 0.553. The highest BCUT2D eigenvalue weighted by Crippen LogP contribution is 2.13. The van der Waals surface area contributed by atoms with Gasteiger partial charge in [0.2, 0.25) is 0 Å². The zero-order valence-electron chi connectivity index (χ0n) is 10.3. The number of hydrogen-bond acceptors (Lipinski definition) is 4. The summed E-state index contributed by atoms with van der Waals surface area (Å²) in [6, 6.07) is 4.87. The Balaban J connectivity index is 1.77. The third-order valence-electron chi connectivity index (χ3n) is 2.98. The molecule has 2 rings (SSSR count). The van der Waals surface area contributed by atoms with Crippen LogP contribution in [0, 0.1) is 0 Å². The molecule has 92 valence electrons. The molecule has 0 amide bonds. The summed E-state index contributed by atoms with van der Waals surface area (Å²) in [5.41, 5.74) is 0. The van der Waals surface area contributed by atoms with E-state index in [-0.39, 0.29) is 0 Å². The van der Waals surface area contributed by atoms with Gasteiger partial charge in [0.05, 0.1) is 6.54 Å². The van der Waals surface area contributed by atoms with Crippen molar-refractivity contribution in [1.29, 1.82) is 0 Å². The van der Waals surface area contributed by atoms with Crippen LogP contribution in [0.15, 0.2) is 30.2 Å². The summed E-state index contributed by atoms with van der Waals surface area (Å²) in [5, 5.41) is 6.24. The number of aromatic nitrogens is 3. The molecule has 1 atom stereocenters. The number of hydrogen-bond donors (Lipinski definition) is 0. The van der Waals surface area contributed by atoms with Gasteiger partial charge in [-0.3, -0.25) is 4.68 Å². The Labute approximate surface area is 106 Å². The summed E-state index contributed by atoms with van der Waals surface area (Å²) >= 11 is 1.83. The number of rotatable bonds is 6. The number of thiophene rings is 1. The molecule has 0 fully saturated rings. The fourth-order valence-electron chi connectivity index (χ4n) is 1.70. The smallest absolute Gasteiger partial charge is 0.137 e. The number of nitrogens with zero attached hydrogens (tertiary/aromatic N) is 4. The van der Waals surface area contributed by atoms with Crippen molar-refractivity contribution in [3.8, 4) is 0 Å². The quantitative estimate of drug-likeness (QED) is 0.785. The highest BCUT2D eigenvalue weighted by molar-refractivity contribution is 7.09. The van der Waals surface area contributed by atoms with Crippen LogP contribution in [0.1, 0.15) is 11.8 Å². The van der Waals surface area contributed by atoms with Crippen LogP contribution < -0.4 is 0 Å². The molecule has 0 aliphatic rings. The van der Waals surface area contributed by atoms with E-state index in [4.69, 9.17) is 0 Å². The molecule has 0 aromatic carbocycles. The third kappa shape index (κ3) is 3.64. The molecular formula is C12H18N4S. The summed E-state index contributed by atoms with van der Waals surface area (Å²) in [4.78, 5) is 7.75. The van der Waals surface area contributed by atoms with E-state index < -0.39 is 0 Å². The standard InChI is InChI=1S/C12H18N4S/c1-11(8-12-4-3-7-17-12)15(2)5-6-16-10-13-9-14-16/h3-4,7,9-11H,5-6,8H2,1-2H3/t11-/m1/s1. The van der Waals surface area contributed by atoms with Crippen molar-refractivity contribution in [2.45, 2.75) is 25.9 Å². The van der Waals surface area contributed by atoms with E-state index in [2.05, 4.69) is 46.5 Å². The molecule has 0 N–H and O–H groups in total. The predicted molar refractivity (Wildman–Crippen MR) is 70.1 cm³/mol. The summed E-state index contributed by atoms with van der Waals surface area (Å²) in [7, 11) is 2.16. The minimum Gasteiger partial charge on any atom is -0.301 e. The minimum absolute atomic E-state index is 0.553. The molecule has 0 aliphatic carbocycles. The molecule has 0 saturated heterocycles. The fraction of sp³-hybridized carbons (Fsp3) is 0.500. The van der Waals surface area contributed by atoms with E-state index in [1.54, 1.807) is 12.7 Å². The van der Waals surface area contributed by atoms with Gasteiger partial charge >= 0.3 is 0 Å². The number of likely N-dealkylation sites (N-methyl/N-ethyl adjacent to an activating group) is 1. The first-order chi connectivity index (χ1) is 8.25. The highest BCUT2D eigenvalue weighted by atomic mass is 32.1. The molecular weight excluding hydrogens is 232 g/mol. The summed E-state index contributed by atoms with van der Waals surface area (Å²) < 4.78 is 1.87. The largest absolute Gasteiger partial charge is 0.301 e. The topological polar surface area (TPSA) is 34.0 Å². The van der Waals surface area contributed by atoms with E-state index >= 15 is 0 Å². The van der Waals surface area contributed by atoms with Crippen molar-refractivity contribution in [2.75, 3.05) is 13.6 Å². The van der Waals surface area contributed by atoms with Crippen molar-refractivity contribution >= 4 is 11.3 Å². The van der Waals surface area contributed by atoms with Crippen LogP contribution in [0.4, 0.5) is 0 Å². The van der Waals surface area contributed by atoms with Crippen molar-refractivity contribution in [3.05, 3.63) is 35.0 Å². The molecule has 0 aliphatic heterocycles. The Morgan fingerprint density at radius 2 is 2.41 bits per heavy atom. The second-order valence-corrected chi connectivity index (χ2v) is 5.30. The van der Waals surface area contributed by atoms with Gasteiger partial charge in [-0.1, -0.05) is 6.07 Å². The second-order valence-electron chi connectivity index (χ2n) is 4.27. The Morgan fingerprint density at radius 3 is 3.06 bits per heavy atom. The summed E-state index contributed by atoms with van der Waals surface area (Å²) in [5.74, 6) is 0. The second kappa shape index (κ2) is 5.93. The van der Waals surface area contributed by atoms with Gasteiger partial charge in [0.1, 0.15) is 12.7 Å². The van der Waals surface area contributed by atoms with Crippen LogP contribution in [0.3, 0.4) is 0 Å². The van der Waals surface area contributed by atoms with E-state index in [1.165, 1.54) is 4.88 Å². The first-order valence-corrected chi connectivity index (χ1v) is 6.68. The van der Waals surface area contributed by atoms with Gasteiger partial charge in [0, 0.05) is 17.5 Å². The van der Waals surface area contributed by atoms with Crippen LogP contribution >= 0.6 is 11.3 Å². The first-order valence-electron chi connectivity index (χ1n) is 5.80. The maximum absolute atomic E-state index is 4.10. The molecule has 2 aromatic heterocycles. The van der Waals surface area contributed by atoms with Crippen molar-refractivity contribution < 1.29 is 0 Å². The van der Waals surface area contributed by atoms with Crippen molar-refractivity contribution in [3.63, 3.8) is 0 Å². The zero-order valence-corrected chi connectivity index (χ0v) is 11.1. The zero-order chi connectivity index (χ0) is 12.1. The van der Waals surface area contributed by atoms with Gasteiger partial charge in [-0.25, -0.2) is 4.98 Å². The predicted octanol–water partition coefficient (Wildman–Crippen LogP) is 1.90. The molecule has 5 heteroatoms. The van der Waals surface area contributed by atoms with Gasteiger partial charge in [0.25, 0.3) is 0 Å². The molecule has 0 saturated carbocycles. The first kappa shape index (κ1) is 12.3. The Bertz CT molecular complexity index is 410. The summed E-state index contributed by atoms with van der Waals surface area (Å²) in [6.45, 7) is 4.16. The van der Waals surface area contributed by atoms with Crippen molar-refractivity contribution in [1.82, 2.24) is 19.7 Å². The fourth-order valence-corrected chi connectivity index (χ4v) is 2.53. The third-order valence-corrected chi connectivity index (χ3v) is 3.88. The molecule has 2 aromatic rings. The van der Waals surface area contributed by atoms with E-state index in [0.29, 0.717) is 6.04 Å². The van der Waals surface area contributed by atoms with Crippen molar-refractivity contribution in [2.24, 2.45) is 0 Å². The maximum atomic E-state index is 4.10. The highest BCUT2D eigenvalue weighted by Gasteiger charge is 2.10. The lowest BCUT2D eigenvalue weighted by molar-refractivity contribution is 0.243. The van der Waals surface area contributed by atoms with Crippen LogP contribution in [0.5, 0.6) is 0 Å². The Morgan fingerprint density at radius 1 is 1.53 bits per heavy atom. The van der Waals surface area contributed by atoms with Gasteiger partial charge in [-0.15, -0.1) is 11.3 Å². The van der Waals surface area contributed by atoms with Gasteiger partial charge in [-0.2, -0.15) is 5.10 Å². The average molecular weight is 250 g/mol. The lowest BCUT2D eigenvalue weighted by Crippen LogP contribution is -2.33. The SMILES string of the molecule is C[C@H](Cc1cccs1)N(C)CCn1cncn1. The van der Waals surface area contributed by atoms with E-state index in [1.807, 2.05) is 16.0 Å². The van der Waals surface area contributed by atoms with E-state index in [9.17, 15) is 0 Å². The molecule has 17 heavy (non-hydrogen) atoms. The van der Waals surface area contributed by atoms with Crippen LogP contribution in [0.2, 0.25) is 0 Å². The Kier molecular flexibility index (Phi) is 4.28. The lowest BCUT2D eigenvalue weighted by atomic mass is 10.2. The normalized spacial score (nSPS) is 13.1. The molecule has 4 nitrogen and oxygen atoms in total. The van der Waals surface area contributed by atoms with E-state index in [0.717, 1.165) is 19.5 Å². The maximum Gasteiger partial charge on any atom is 0.137 e. The molecule has 0 spiro atoms. The average Bonchev–Trinajstić information content (AvgIpc) is 2.98. The van der Waals surface area contributed by atoms with Crippen LogP contribution in [-0.2, 0) is 13.0 Å². The van der Waals surface area contributed by atoms with Gasteiger partial charge in [-0.05, 0) is 31.8 Å². The molecule has 0 radical (unpaired) electrons. The summed E-state index contributed by atoms with van der Waals surface area (Å²) in [6.07, 6.45) is 4.46.